The standard InChI is InChI=1S/C8H14O5/c1-5-11-8(4,12-6(2)9)13-7(3)10/h5H2,1-4H3. The summed E-state index contributed by atoms with van der Waals surface area (Å²) in [7, 11) is 0. The number of rotatable bonds is 4. The van der Waals surface area contributed by atoms with E-state index in [-0.39, 0.29) is 6.61 Å². The molecule has 0 saturated carbocycles. The lowest BCUT2D eigenvalue weighted by Gasteiger charge is -2.26. The van der Waals surface area contributed by atoms with Gasteiger partial charge in [-0.1, -0.05) is 0 Å². The average molecular weight is 190 g/mol. The van der Waals surface area contributed by atoms with Crippen LogP contribution in [0, 0.1) is 0 Å². The van der Waals surface area contributed by atoms with Crippen LogP contribution in [0.2, 0.25) is 0 Å². The molecule has 0 aliphatic heterocycles. The molecule has 0 aromatic heterocycles. The number of ether oxygens (including phenoxy) is 3. The van der Waals surface area contributed by atoms with Crippen LogP contribution in [0.4, 0.5) is 0 Å². The van der Waals surface area contributed by atoms with Gasteiger partial charge in [0.05, 0.1) is 6.61 Å². The lowest BCUT2D eigenvalue weighted by atomic mass is 10.6. The highest BCUT2D eigenvalue weighted by Crippen LogP contribution is 2.14. The van der Waals surface area contributed by atoms with Crippen molar-refractivity contribution in [2.24, 2.45) is 0 Å². The first kappa shape index (κ1) is 11.9. The van der Waals surface area contributed by atoms with Crippen LogP contribution in [0.5, 0.6) is 0 Å². The Morgan fingerprint density at radius 3 is 1.77 bits per heavy atom. The first-order valence-electron chi connectivity index (χ1n) is 3.92. The molecule has 0 aliphatic rings. The first-order chi connectivity index (χ1) is 5.89. The van der Waals surface area contributed by atoms with Gasteiger partial charge in [0.15, 0.2) is 0 Å². The van der Waals surface area contributed by atoms with E-state index in [0.717, 1.165) is 0 Å². The molecule has 0 unspecified atom stereocenters. The van der Waals surface area contributed by atoms with Crippen LogP contribution in [0.1, 0.15) is 27.7 Å². The molecule has 5 heteroatoms. The van der Waals surface area contributed by atoms with Crippen molar-refractivity contribution in [2.75, 3.05) is 6.61 Å². The fourth-order valence-electron chi connectivity index (χ4n) is 0.864. The van der Waals surface area contributed by atoms with Gasteiger partial charge in [0.1, 0.15) is 0 Å². The Balaban J connectivity index is 4.32. The predicted octanol–water partition coefficient (Wildman–Crippen LogP) is 0.823. The maximum absolute atomic E-state index is 10.6. The minimum absolute atomic E-state index is 0.275. The molecule has 0 amide bonds. The second-order valence-corrected chi connectivity index (χ2v) is 2.48. The normalized spacial score (nSPS) is 10.8. The molecule has 0 rings (SSSR count). The molecular formula is C8H14O5. The zero-order valence-electron chi connectivity index (χ0n) is 8.25. The van der Waals surface area contributed by atoms with Crippen LogP contribution >= 0.6 is 0 Å². The molecule has 5 nitrogen and oxygen atoms in total. The van der Waals surface area contributed by atoms with Crippen molar-refractivity contribution in [1.29, 1.82) is 0 Å². The van der Waals surface area contributed by atoms with Gasteiger partial charge in [0.25, 0.3) is 0 Å². The van der Waals surface area contributed by atoms with Crippen LogP contribution in [0.3, 0.4) is 0 Å². The third-order valence-electron chi connectivity index (χ3n) is 1.06. The molecule has 0 atom stereocenters. The largest absolute Gasteiger partial charge is 0.398 e. The van der Waals surface area contributed by atoms with E-state index in [0.29, 0.717) is 0 Å². The van der Waals surface area contributed by atoms with Crippen LogP contribution in [-0.4, -0.2) is 24.5 Å². The van der Waals surface area contributed by atoms with E-state index in [1.807, 2.05) is 0 Å². The van der Waals surface area contributed by atoms with Crippen LogP contribution in [0.25, 0.3) is 0 Å². The summed E-state index contributed by atoms with van der Waals surface area (Å²) in [5.74, 6) is -2.75. The maximum atomic E-state index is 10.6. The van der Waals surface area contributed by atoms with E-state index in [1.54, 1.807) is 6.92 Å². The second kappa shape index (κ2) is 4.81. The van der Waals surface area contributed by atoms with Gasteiger partial charge in [0.2, 0.25) is 0 Å². The van der Waals surface area contributed by atoms with E-state index in [1.165, 1.54) is 20.8 Å². The monoisotopic (exact) mass is 190 g/mol. The van der Waals surface area contributed by atoms with Crippen molar-refractivity contribution in [3.8, 4) is 0 Å². The van der Waals surface area contributed by atoms with E-state index in [4.69, 9.17) is 4.74 Å². The number of esters is 2. The Hall–Kier alpha value is -1.10. The van der Waals surface area contributed by atoms with E-state index < -0.39 is 17.9 Å². The molecule has 0 N–H and O–H groups in total. The Labute approximate surface area is 77.0 Å². The maximum Gasteiger partial charge on any atom is 0.372 e. The first-order valence-corrected chi connectivity index (χ1v) is 3.92. The van der Waals surface area contributed by atoms with Crippen molar-refractivity contribution >= 4 is 11.9 Å². The molecule has 13 heavy (non-hydrogen) atoms. The lowest BCUT2D eigenvalue weighted by molar-refractivity contribution is -0.332. The van der Waals surface area contributed by atoms with Crippen molar-refractivity contribution in [3.63, 3.8) is 0 Å². The molecular weight excluding hydrogens is 176 g/mol. The Morgan fingerprint density at radius 2 is 1.54 bits per heavy atom. The quantitative estimate of drug-likeness (QED) is 0.485. The molecule has 0 aliphatic carbocycles. The van der Waals surface area contributed by atoms with Gasteiger partial charge in [-0.05, 0) is 6.92 Å². The third-order valence-corrected chi connectivity index (χ3v) is 1.06. The molecule has 0 fully saturated rings. The third kappa shape index (κ3) is 5.19. The molecule has 0 aromatic rings. The Morgan fingerprint density at radius 1 is 1.15 bits per heavy atom. The average Bonchev–Trinajstić information content (AvgIpc) is 1.81. The summed E-state index contributed by atoms with van der Waals surface area (Å²) < 4.78 is 14.3. The van der Waals surface area contributed by atoms with Gasteiger partial charge in [0, 0.05) is 20.8 Å². The van der Waals surface area contributed by atoms with Crippen LogP contribution < -0.4 is 0 Å². The number of hydrogen-bond donors (Lipinski definition) is 0. The van der Waals surface area contributed by atoms with Gasteiger partial charge in [-0.15, -0.1) is 0 Å². The van der Waals surface area contributed by atoms with Gasteiger partial charge < -0.3 is 14.2 Å². The summed E-state index contributed by atoms with van der Waals surface area (Å²) in [5, 5.41) is 0. The highest BCUT2D eigenvalue weighted by molar-refractivity contribution is 5.68. The van der Waals surface area contributed by atoms with E-state index in [9.17, 15) is 9.59 Å². The summed E-state index contributed by atoms with van der Waals surface area (Å²) in [5.41, 5.74) is 0. The van der Waals surface area contributed by atoms with Crippen LogP contribution in [0.15, 0.2) is 0 Å². The summed E-state index contributed by atoms with van der Waals surface area (Å²) in [6.07, 6.45) is 0. The fourth-order valence-corrected chi connectivity index (χ4v) is 0.864. The van der Waals surface area contributed by atoms with E-state index in [2.05, 4.69) is 9.47 Å². The zero-order valence-corrected chi connectivity index (χ0v) is 8.25. The van der Waals surface area contributed by atoms with Crippen molar-refractivity contribution in [2.45, 2.75) is 33.7 Å². The Bertz CT molecular complexity index is 183. The molecule has 0 heterocycles. The lowest BCUT2D eigenvalue weighted by Crippen LogP contribution is -2.38. The molecule has 0 spiro atoms. The SMILES string of the molecule is CCOC(C)(OC(C)=O)OC(C)=O. The van der Waals surface area contributed by atoms with Crippen molar-refractivity contribution in [3.05, 3.63) is 0 Å². The molecule has 0 saturated heterocycles. The molecule has 0 aromatic carbocycles. The highest BCUT2D eigenvalue weighted by atomic mass is 16.9. The number of carbonyl (C=O) groups is 2. The van der Waals surface area contributed by atoms with Crippen molar-refractivity contribution < 1.29 is 23.8 Å². The van der Waals surface area contributed by atoms with Gasteiger partial charge >= 0.3 is 17.9 Å². The Kier molecular flexibility index (Phi) is 4.40. The van der Waals surface area contributed by atoms with Gasteiger partial charge in [-0.2, -0.15) is 0 Å². The number of hydrogen-bond acceptors (Lipinski definition) is 5. The predicted molar refractivity (Wildman–Crippen MR) is 43.6 cm³/mol. The molecule has 76 valence electrons. The summed E-state index contributed by atoms with van der Waals surface area (Å²) >= 11 is 0. The summed E-state index contributed by atoms with van der Waals surface area (Å²) in [6.45, 7) is 5.75. The van der Waals surface area contributed by atoms with Gasteiger partial charge in [-0.25, -0.2) is 0 Å². The van der Waals surface area contributed by atoms with E-state index >= 15 is 0 Å². The minimum atomic E-state index is -1.60. The summed E-state index contributed by atoms with van der Waals surface area (Å²) in [6, 6.07) is 0. The fraction of sp³-hybridized carbons (Fsp3) is 0.750. The number of carbonyl (C=O) groups excluding carboxylic acids is 2. The molecule has 0 bridgehead atoms. The highest BCUT2D eigenvalue weighted by Gasteiger charge is 2.31. The van der Waals surface area contributed by atoms with Crippen LogP contribution in [-0.2, 0) is 23.8 Å². The smallest absolute Gasteiger partial charge is 0.372 e. The summed E-state index contributed by atoms with van der Waals surface area (Å²) in [4.78, 5) is 21.2. The topological polar surface area (TPSA) is 61.8 Å². The van der Waals surface area contributed by atoms with Gasteiger partial charge in [-0.3, -0.25) is 9.59 Å². The minimum Gasteiger partial charge on any atom is -0.398 e. The zero-order chi connectivity index (χ0) is 10.5. The second-order valence-electron chi connectivity index (χ2n) is 2.48. The van der Waals surface area contributed by atoms with Crippen molar-refractivity contribution in [1.82, 2.24) is 0 Å². The molecule has 0 radical (unpaired) electrons.